The van der Waals surface area contributed by atoms with E-state index in [9.17, 15) is 14.7 Å². The smallest absolute Gasteiger partial charge is 0.258 e. The van der Waals surface area contributed by atoms with Crippen molar-refractivity contribution in [3.05, 3.63) is 94.2 Å². The van der Waals surface area contributed by atoms with E-state index in [1.54, 1.807) is 29.4 Å². The third kappa shape index (κ3) is 4.47. The van der Waals surface area contributed by atoms with Crippen molar-refractivity contribution in [1.82, 2.24) is 29.7 Å². The fraction of sp³-hybridized carbons (Fsp3) is 0.370. The zero-order valence-corrected chi connectivity index (χ0v) is 20.2. The molecule has 2 N–H and O–H groups in total. The number of allylic oxidation sites excluding steroid dienone is 1. The van der Waals surface area contributed by atoms with Crippen LogP contribution < -0.4 is 10.9 Å². The van der Waals surface area contributed by atoms with Crippen molar-refractivity contribution in [2.24, 2.45) is 11.8 Å². The molecular weight excluding hydrogens is 456 g/mol. The van der Waals surface area contributed by atoms with Gasteiger partial charge in [-0.05, 0) is 43.2 Å². The van der Waals surface area contributed by atoms with Gasteiger partial charge < -0.3 is 15.0 Å². The second-order valence-corrected chi connectivity index (χ2v) is 9.34. The molecule has 4 atom stereocenters. The molecule has 0 unspecified atom stereocenters. The van der Waals surface area contributed by atoms with Crippen LogP contribution in [0.15, 0.2) is 66.3 Å². The molecule has 0 saturated carbocycles. The van der Waals surface area contributed by atoms with Crippen molar-refractivity contribution >= 4 is 12.0 Å². The number of hydrogen-bond donors (Lipinski definition) is 2. The summed E-state index contributed by atoms with van der Waals surface area (Å²) in [6, 6.07) is 6.97. The van der Waals surface area contributed by atoms with Gasteiger partial charge in [0.05, 0.1) is 12.1 Å². The normalized spacial score (nSPS) is 23.1. The van der Waals surface area contributed by atoms with E-state index >= 15 is 0 Å². The summed E-state index contributed by atoms with van der Waals surface area (Å²) in [5, 5.41) is 13.6. The molecule has 5 rings (SSSR count). The van der Waals surface area contributed by atoms with Crippen molar-refractivity contribution in [2.75, 3.05) is 13.2 Å². The minimum absolute atomic E-state index is 0.0435. The summed E-state index contributed by atoms with van der Waals surface area (Å²) < 4.78 is 1.80. The number of nitrogens with one attached hydrogen (secondary N) is 1. The summed E-state index contributed by atoms with van der Waals surface area (Å²) in [5.74, 6) is -0.497. The number of carbonyl (C=O) groups excluding carboxylic acids is 1. The predicted molar refractivity (Wildman–Crippen MR) is 135 cm³/mol. The lowest BCUT2D eigenvalue weighted by Gasteiger charge is -2.30. The number of rotatable bonds is 8. The largest absolute Gasteiger partial charge is 0.396 e. The molecule has 2 aliphatic heterocycles. The Morgan fingerprint density at radius 3 is 2.64 bits per heavy atom. The summed E-state index contributed by atoms with van der Waals surface area (Å²) >= 11 is 0. The van der Waals surface area contributed by atoms with Gasteiger partial charge in [-0.1, -0.05) is 12.2 Å². The Kier molecular flexibility index (Phi) is 7.02. The van der Waals surface area contributed by atoms with Crippen LogP contribution in [0.5, 0.6) is 0 Å². The Morgan fingerprint density at radius 2 is 1.92 bits per heavy atom. The third-order valence-corrected chi connectivity index (χ3v) is 7.28. The maximum absolute atomic E-state index is 13.6. The van der Waals surface area contributed by atoms with Crippen LogP contribution in [0.4, 0.5) is 0 Å². The lowest BCUT2D eigenvalue weighted by molar-refractivity contribution is -0.127. The fourth-order valence-electron chi connectivity index (χ4n) is 5.71. The Balaban J connectivity index is 1.46. The van der Waals surface area contributed by atoms with Gasteiger partial charge in [-0.15, -0.1) is 0 Å². The summed E-state index contributed by atoms with van der Waals surface area (Å²) in [4.78, 5) is 41.2. The Labute approximate surface area is 209 Å². The SMILES string of the molecule is C/C=C/c1ccc2n(c1=O)C[C@H]1[C@H](CO)[C@@H](C(=O)NCCc3ccncc3)N(Cc3cncnc3)[C@@H]21. The average Bonchev–Trinajstić information content (AvgIpc) is 3.42. The molecule has 9 nitrogen and oxygen atoms in total. The van der Waals surface area contributed by atoms with Gasteiger partial charge in [0.2, 0.25) is 5.91 Å². The average molecular weight is 487 g/mol. The van der Waals surface area contributed by atoms with Gasteiger partial charge >= 0.3 is 0 Å². The molecule has 1 amide bonds. The van der Waals surface area contributed by atoms with Crippen molar-refractivity contribution in [2.45, 2.75) is 38.5 Å². The second kappa shape index (κ2) is 10.5. The minimum atomic E-state index is -0.540. The fourth-order valence-corrected chi connectivity index (χ4v) is 5.71. The molecule has 1 saturated heterocycles. The van der Waals surface area contributed by atoms with Gasteiger partial charge in [0.1, 0.15) is 6.33 Å². The van der Waals surface area contributed by atoms with Crippen molar-refractivity contribution in [1.29, 1.82) is 0 Å². The van der Waals surface area contributed by atoms with Crippen LogP contribution in [-0.4, -0.2) is 54.6 Å². The molecular formula is C27H30N6O3. The predicted octanol–water partition coefficient (Wildman–Crippen LogP) is 1.59. The summed E-state index contributed by atoms with van der Waals surface area (Å²) in [5.41, 5.74) is 3.43. The number of aliphatic hydroxyl groups excluding tert-OH is 1. The third-order valence-electron chi connectivity index (χ3n) is 7.28. The van der Waals surface area contributed by atoms with Crippen LogP contribution in [0.3, 0.4) is 0 Å². The molecule has 0 radical (unpaired) electrons. The van der Waals surface area contributed by atoms with Gasteiger partial charge in [-0.3, -0.25) is 19.5 Å². The molecule has 3 aromatic heterocycles. The topological polar surface area (TPSA) is 113 Å². The van der Waals surface area contributed by atoms with E-state index in [0.29, 0.717) is 31.6 Å². The molecule has 0 aromatic carbocycles. The highest BCUT2D eigenvalue weighted by Crippen LogP contribution is 2.49. The van der Waals surface area contributed by atoms with Crippen LogP contribution in [0.1, 0.15) is 35.3 Å². The van der Waals surface area contributed by atoms with Crippen LogP contribution >= 0.6 is 0 Å². The lowest BCUT2D eigenvalue weighted by atomic mass is 9.88. The first kappa shape index (κ1) is 24.0. The van der Waals surface area contributed by atoms with Gasteiger partial charge in [0.25, 0.3) is 5.56 Å². The minimum Gasteiger partial charge on any atom is -0.396 e. The number of pyridine rings is 2. The molecule has 36 heavy (non-hydrogen) atoms. The van der Waals surface area contributed by atoms with E-state index in [1.165, 1.54) is 6.33 Å². The van der Waals surface area contributed by atoms with Crippen molar-refractivity contribution in [3.63, 3.8) is 0 Å². The quantitative estimate of drug-likeness (QED) is 0.497. The zero-order chi connectivity index (χ0) is 25.1. The molecule has 0 bridgehead atoms. The van der Waals surface area contributed by atoms with Gasteiger partial charge in [-0.2, -0.15) is 0 Å². The molecule has 2 aliphatic rings. The van der Waals surface area contributed by atoms with E-state index in [2.05, 4.69) is 25.2 Å². The molecule has 0 spiro atoms. The van der Waals surface area contributed by atoms with Gasteiger partial charge in [0, 0.05) is 79.7 Å². The maximum atomic E-state index is 13.6. The zero-order valence-electron chi connectivity index (χ0n) is 20.2. The number of fused-ring (bicyclic) bond motifs is 3. The first-order chi connectivity index (χ1) is 17.6. The summed E-state index contributed by atoms with van der Waals surface area (Å²) in [7, 11) is 0. The Hall–Kier alpha value is -3.69. The standard InChI is InChI=1S/C27H30N6O3/c1-2-3-20-4-5-23-24-21(15-32(23)27(20)36)22(16-34)25(33(24)14-19-12-29-17-30-13-19)26(35)31-11-8-18-6-9-28-10-7-18/h2-7,9-10,12-13,17,21-22,24-25,34H,8,11,14-16H2,1H3,(H,31,35)/b3-2+/t21-,22-,24+,25-/m0/s1. The molecule has 3 aromatic rings. The molecule has 1 fully saturated rings. The van der Waals surface area contributed by atoms with Crippen LogP contribution in [0, 0.1) is 11.8 Å². The lowest BCUT2D eigenvalue weighted by Crippen LogP contribution is -2.48. The number of likely N-dealkylation sites (tertiary alicyclic amines) is 1. The van der Waals surface area contributed by atoms with E-state index in [-0.39, 0.29) is 36.0 Å². The van der Waals surface area contributed by atoms with E-state index in [4.69, 9.17) is 0 Å². The first-order valence-corrected chi connectivity index (χ1v) is 12.3. The summed E-state index contributed by atoms with van der Waals surface area (Å²) in [6.07, 6.45) is 12.8. The Bertz CT molecular complexity index is 1290. The van der Waals surface area contributed by atoms with E-state index in [0.717, 1.165) is 16.8 Å². The number of nitrogens with zero attached hydrogens (tertiary/aromatic N) is 5. The number of hydrogen-bond acceptors (Lipinski definition) is 7. The first-order valence-electron chi connectivity index (χ1n) is 12.3. The highest BCUT2D eigenvalue weighted by molar-refractivity contribution is 5.82. The molecule has 0 aliphatic carbocycles. The second-order valence-electron chi connectivity index (χ2n) is 9.34. The van der Waals surface area contributed by atoms with Gasteiger partial charge in [-0.25, -0.2) is 9.97 Å². The number of aliphatic hydroxyl groups is 1. The van der Waals surface area contributed by atoms with Crippen molar-refractivity contribution < 1.29 is 9.90 Å². The van der Waals surface area contributed by atoms with Crippen LogP contribution in [0.2, 0.25) is 0 Å². The number of carbonyl (C=O) groups is 1. The maximum Gasteiger partial charge on any atom is 0.258 e. The Morgan fingerprint density at radius 1 is 1.14 bits per heavy atom. The highest BCUT2D eigenvalue weighted by Gasteiger charge is 2.55. The number of amides is 1. The summed E-state index contributed by atoms with van der Waals surface area (Å²) in [6.45, 7) is 3.13. The van der Waals surface area contributed by atoms with E-state index < -0.39 is 6.04 Å². The monoisotopic (exact) mass is 486 g/mol. The molecule has 5 heterocycles. The van der Waals surface area contributed by atoms with Crippen LogP contribution in [-0.2, 0) is 24.3 Å². The van der Waals surface area contributed by atoms with Crippen LogP contribution in [0.25, 0.3) is 6.08 Å². The van der Waals surface area contributed by atoms with Crippen molar-refractivity contribution in [3.8, 4) is 0 Å². The molecule has 9 heteroatoms. The highest BCUT2D eigenvalue weighted by atomic mass is 16.3. The number of aromatic nitrogens is 4. The van der Waals surface area contributed by atoms with Gasteiger partial charge in [0.15, 0.2) is 0 Å². The molecule has 186 valence electrons. The van der Waals surface area contributed by atoms with E-state index in [1.807, 2.05) is 43.3 Å².